The van der Waals surface area contributed by atoms with E-state index in [2.05, 4.69) is 4.98 Å². The van der Waals surface area contributed by atoms with Gasteiger partial charge in [-0.1, -0.05) is 0 Å². The summed E-state index contributed by atoms with van der Waals surface area (Å²) in [5, 5.41) is 1.72. The summed E-state index contributed by atoms with van der Waals surface area (Å²) in [6.45, 7) is 0. The topological polar surface area (TPSA) is 12.9 Å². The van der Waals surface area contributed by atoms with Crippen LogP contribution < -0.4 is 0 Å². The van der Waals surface area contributed by atoms with E-state index < -0.39 is 0 Å². The molecule has 0 fully saturated rings. The molecule has 0 aliphatic rings. The molecular weight excluding hydrogens is 187 g/mol. The normalized spacial score (nSPS) is 9.67. The number of hydrogen-bond donors (Lipinski definition) is 0. The van der Waals surface area contributed by atoms with E-state index in [1.807, 2.05) is 18.3 Å². The van der Waals surface area contributed by atoms with Crippen molar-refractivity contribution in [2.45, 2.75) is 5.02 Å². The molecular formula is C6H5ClNZn. The number of nitrogens with zero attached hydrogens (tertiary/aromatic N) is 1. The predicted octanol–water partition coefficient (Wildman–Crippen LogP) is 1.78. The van der Waals surface area contributed by atoms with Gasteiger partial charge >= 0.3 is 68.9 Å². The standard InChI is InChI=1S/C6H5ClN.Zn/c1-5-2-3-6(7)8-4-5;/h2-4H,1H2;. The minimum atomic E-state index is 0.576. The van der Waals surface area contributed by atoms with E-state index in [0.717, 1.165) is 5.02 Å². The van der Waals surface area contributed by atoms with Crippen LogP contribution in [0.1, 0.15) is 5.56 Å². The van der Waals surface area contributed by atoms with Crippen LogP contribution in [0.3, 0.4) is 0 Å². The van der Waals surface area contributed by atoms with Crippen molar-refractivity contribution in [2.75, 3.05) is 0 Å². The SMILES string of the molecule is Clc1ccc([CH2][Zn])cn1. The third-order valence-electron chi connectivity index (χ3n) is 1.08. The molecule has 1 nitrogen and oxygen atoms in total. The van der Waals surface area contributed by atoms with Crippen LogP contribution in [0.2, 0.25) is 5.15 Å². The molecule has 1 rings (SSSR count). The maximum atomic E-state index is 5.57. The summed E-state index contributed by atoms with van der Waals surface area (Å²) in [6.07, 6.45) is 1.83. The van der Waals surface area contributed by atoms with E-state index in [1.165, 1.54) is 23.9 Å². The number of halogens is 1. The first-order chi connectivity index (χ1) is 4.33. The Kier molecular flexibility index (Phi) is 2.62. The maximum absolute atomic E-state index is 5.57. The second-order valence-corrected chi connectivity index (χ2v) is 3.18. The summed E-state index contributed by atoms with van der Waals surface area (Å²) in [6, 6.07) is 3.84. The molecule has 0 spiro atoms. The Labute approximate surface area is 69.1 Å². The Morgan fingerprint density at radius 2 is 2.33 bits per heavy atom. The quantitative estimate of drug-likeness (QED) is 0.488. The fraction of sp³-hybridized carbons (Fsp3) is 0.167. The van der Waals surface area contributed by atoms with E-state index in [0.29, 0.717) is 5.15 Å². The van der Waals surface area contributed by atoms with Gasteiger partial charge in [-0.25, -0.2) is 0 Å². The third kappa shape index (κ3) is 2.04. The van der Waals surface area contributed by atoms with Crippen molar-refractivity contribution < 1.29 is 18.3 Å². The number of hydrogen-bond acceptors (Lipinski definition) is 1. The zero-order valence-corrected chi connectivity index (χ0v) is 8.69. The van der Waals surface area contributed by atoms with Crippen LogP contribution >= 0.6 is 11.6 Å². The second kappa shape index (κ2) is 3.29. The van der Waals surface area contributed by atoms with Crippen molar-refractivity contribution in [3.63, 3.8) is 0 Å². The third-order valence-corrected chi connectivity index (χ3v) is 2.51. The van der Waals surface area contributed by atoms with E-state index in [-0.39, 0.29) is 0 Å². The first kappa shape index (κ1) is 7.17. The number of rotatable bonds is 1. The molecule has 0 saturated carbocycles. The summed E-state index contributed by atoms with van der Waals surface area (Å²) in [5.74, 6) is 0. The first-order valence-corrected chi connectivity index (χ1v) is 5.20. The molecule has 0 saturated heterocycles. The first-order valence-electron chi connectivity index (χ1n) is 2.72. The van der Waals surface area contributed by atoms with Gasteiger partial charge in [0.2, 0.25) is 0 Å². The van der Waals surface area contributed by atoms with Crippen molar-refractivity contribution in [3.8, 4) is 0 Å². The van der Waals surface area contributed by atoms with Gasteiger partial charge in [0.1, 0.15) is 0 Å². The molecule has 43 valence electrons. The van der Waals surface area contributed by atoms with Crippen molar-refractivity contribution in [3.05, 3.63) is 29.0 Å². The van der Waals surface area contributed by atoms with Gasteiger partial charge in [0, 0.05) is 0 Å². The zero-order chi connectivity index (χ0) is 6.69. The molecule has 0 radical (unpaired) electrons. The van der Waals surface area contributed by atoms with Gasteiger partial charge < -0.3 is 0 Å². The molecule has 0 aliphatic carbocycles. The Bertz CT molecular complexity index is 185. The van der Waals surface area contributed by atoms with Crippen LogP contribution in [0.15, 0.2) is 18.3 Å². The van der Waals surface area contributed by atoms with Crippen molar-refractivity contribution in [2.24, 2.45) is 0 Å². The summed E-state index contributed by atoms with van der Waals surface area (Å²) in [4.78, 5) is 3.94. The minimum absolute atomic E-state index is 0.576. The van der Waals surface area contributed by atoms with Crippen LogP contribution in [-0.2, 0) is 23.3 Å². The van der Waals surface area contributed by atoms with Crippen LogP contribution in [0, 0.1) is 0 Å². The summed E-state index contributed by atoms with van der Waals surface area (Å²) < 4.78 is 0. The van der Waals surface area contributed by atoms with Gasteiger partial charge in [-0.2, -0.15) is 0 Å². The Balaban J connectivity index is 2.88. The second-order valence-electron chi connectivity index (χ2n) is 1.74. The summed E-state index contributed by atoms with van der Waals surface area (Å²) >= 11 is 6.85. The Hall–Kier alpha value is 0.0634. The molecule has 0 unspecified atom stereocenters. The molecule has 1 aromatic heterocycles. The summed E-state index contributed by atoms with van der Waals surface area (Å²) in [5.41, 5.74) is 1.28. The molecule has 9 heavy (non-hydrogen) atoms. The van der Waals surface area contributed by atoms with E-state index in [1.54, 1.807) is 0 Å². The summed E-state index contributed by atoms with van der Waals surface area (Å²) in [7, 11) is 0. The van der Waals surface area contributed by atoms with Crippen LogP contribution in [0.4, 0.5) is 0 Å². The number of pyridine rings is 1. The molecule has 0 amide bonds. The zero-order valence-electron chi connectivity index (χ0n) is 4.97. The monoisotopic (exact) mass is 190 g/mol. The van der Waals surface area contributed by atoms with Gasteiger partial charge in [0.25, 0.3) is 0 Å². The molecule has 3 heteroatoms. The van der Waals surface area contributed by atoms with Gasteiger partial charge in [-0.3, -0.25) is 0 Å². The van der Waals surface area contributed by atoms with Gasteiger partial charge in [-0.05, 0) is 0 Å². The van der Waals surface area contributed by atoms with Crippen LogP contribution in [0.5, 0.6) is 0 Å². The van der Waals surface area contributed by atoms with E-state index in [4.69, 9.17) is 11.6 Å². The Morgan fingerprint density at radius 1 is 1.56 bits per heavy atom. The molecule has 0 aliphatic heterocycles. The van der Waals surface area contributed by atoms with Gasteiger partial charge in [0.15, 0.2) is 0 Å². The fourth-order valence-electron chi connectivity index (χ4n) is 0.554. The molecule has 0 atom stereocenters. The molecule has 0 N–H and O–H groups in total. The molecule has 1 aromatic rings. The molecule has 0 bridgehead atoms. The van der Waals surface area contributed by atoms with Crippen LogP contribution in [-0.4, -0.2) is 4.98 Å². The average molecular weight is 192 g/mol. The van der Waals surface area contributed by atoms with E-state index in [9.17, 15) is 0 Å². The van der Waals surface area contributed by atoms with Crippen LogP contribution in [0.25, 0.3) is 0 Å². The average Bonchev–Trinajstić information content (AvgIpc) is 1.90. The molecule has 0 aromatic carbocycles. The molecule has 1 heterocycles. The van der Waals surface area contributed by atoms with E-state index >= 15 is 0 Å². The fourth-order valence-corrected chi connectivity index (χ4v) is 1.29. The predicted molar refractivity (Wildman–Crippen MR) is 33.0 cm³/mol. The van der Waals surface area contributed by atoms with Gasteiger partial charge in [0.05, 0.1) is 0 Å². The van der Waals surface area contributed by atoms with Crippen molar-refractivity contribution in [1.29, 1.82) is 0 Å². The van der Waals surface area contributed by atoms with Crippen molar-refractivity contribution in [1.82, 2.24) is 4.98 Å². The van der Waals surface area contributed by atoms with Crippen molar-refractivity contribution >= 4 is 11.6 Å². The van der Waals surface area contributed by atoms with Gasteiger partial charge in [-0.15, -0.1) is 0 Å². The number of aromatic nitrogens is 1. The Morgan fingerprint density at radius 3 is 2.78 bits per heavy atom.